The number of rotatable bonds is 4. The standard InChI is InChI=1S/C15H30N4O/c1-11-8-19-15(20-11)13-4-2-12(3-5-13)9-18-14-10-16-6-7-17-14/h11-19H,2-10H2,1H3. The van der Waals surface area contributed by atoms with Crippen LogP contribution in [0, 0.1) is 11.8 Å². The van der Waals surface area contributed by atoms with Gasteiger partial charge < -0.3 is 15.4 Å². The Kier molecular flexibility index (Phi) is 5.29. The van der Waals surface area contributed by atoms with Gasteiger partial charge in [-0.25, -0.2) is 0 Å². The highest BCUT2D eigenvalue weighted by molar-refractivity contribution is 4.83. The molecule has 0 bridgehead atoms. The Labute approximate surface area is 122 Å². The zero-order valence-electron chi connectivity index (χ0n) is 12.7. The normalized spacial score (nSPS) is 42.8. The van der Waals surface area contributed by atoms with Gasteiger partial charge in [0.25, 0.3) is 0 Å². The molecule has 3 unspecified atom stereocenters. The summed E-state index contributed by atoms with van der Waals surface area (Å²) in [6, 6.07) is 0. The predicted molar refractivity (Wildman–Crippen MR) is 80.4 cm³/mol. The van der Waals surface area contributed by atoms with E-state index >= 15 is 0 Å². The predicted octanol–water partition coefficient (Wildman–Crippen LogP) is 0.236. The molecule has 5 nitrogen and oxygen atoms in total. The van der Waals surface area contributed by atoms with Crippen molar-refractivity contribution in [3.05, 3.63) is 0 Å². The Morgan fingerprint density at radius 2 is 1.90 bits per heavy atom. The maximum absolute atomic E-state index is 5.95. The van der Waals surface area contributed by atoms with Gasteiger partial charge in [0.15, 0.2) is 0 Å². The number of hydrogen-bond donors (Lipinski definition) is 4. The van der Waals surface area contributed by atoms with Gasteiger partial charge in [-0.05, 0) is 51.0 Å². The van der Waals surface area contributed by atoms with Crippen LogP contribution in [0.25, 0.3) is 0 Å². The summed E-state index contributed by atoms with van der Waals surface area (Å²) >= 11 is 0. The first kappa shape index (κ1) is 14.7. The van der Waals surface area contributed by atoms with E-state index in [2.05, 4.69) is 28.2 Å². The van der Waals surface area contributed by atoms with Crippen molar-refractivity contribution >= 4 is 0 Å². The summed E-state index contributed by atoms with van der Waals surface area (Å²) in [6.45, 7) is 7.55. The van der Waals surface area contributed by atoms with E-state index in [1.807, 2.05) is 0 Å². The molecule has 0 aromatic rings. The second kappa shape index (κ2) is 7.18. The van der Waals surface area contributed by atoms with Crippen LogP contribution in [0.15, 0.2) is 0 Å². The lowest BCUT2D eigenvalue weighted by atomic mass is 9.81. The second-order valence-corrected chi connectivity index (χ2v) is 6.68. The summed E-state index contributed by atoms with van der Waals surface area (Å²) < 4.78 is 5.95. The molecule has 3 rings (SSSR count). The highest BCUT2D eigenvalue weighted by Crippen LogP contribution is 2.32. The van der Waals surface area contributed by atoms with Crippen LogP contribution in [0.1, 0.15) is 32.6 Å². The van der Waals surface area contributed by atoms with Crippen LogP contribution < -0.4 is 21.3 Å². The highest BCUT2D eigenvalue weighted by Gasteiger charge is 2.32. The van der Waals surface area contributed by atoms with Gasteiger partial charge in [0.05, 0.1) is 12.3 Å². The lowest BCUT2D eigenvalue weighted by molar-refractivity contribution is -0.00326. The van der Waals surface area contributed by atoms with Crippen molar-refractivity contribution in [1.29, 1.82) is 0 Å². The topological polar surface area (TPSA) is 57.3 Å². The minimum Gasteiger partial charge on any atom is -0.359 e. The van der Waals surface area contributed by atoms with Gasteiger partial charge in [-0.15, -0.1) is 0 Å². The van der Waals surface area contributed by atoms with Crippen molar-refractivity contribution < 1.29 is 4.74 Å². The quantitative estimate of drug-likeness (QED) is 0.595. The summed E-state index contributed by atoms with van der Waals surface area (Å²) in [4.78, 5) is 0. The van der Waals surface area contributed by atoms with Gasteiger partial charge >= 0.3 is 0 Å². The Balaban J connectivity index is 1.33. The number of hydrogen-bond acceptors (Lipinski definition) is 5. The largest absolute Gasteiger partial charge is 0.359 e. The Hall–Kier alpha value is -0.200. The molecule has 2 saturated heterocycles. The molecule has 0 radical (unpaired) electrons. The molecule has 116 valence electrons. The fourth-order valence-corrected chi connectivity index (χ4v) is 3.71. The third-order valence-corrected chi connectivity index (χ3v) is 5.00. The van der Waals surface area contributed by atoms with Crippen LogP contribution in [0.5, 0.6) is 0 Å². The zero-order valence-corrected chi connectivity index (χ0v) is 12.7. The van der Waals surface area contributed by atoms with Crippen molar-refractivity contribution in [3.8, 4) is 0 Å². The first-order valence-corrected chi connectivity index (χ1v) is 8.37. The monoisotopic (exact) mass is 282 g/mol. The first-order chi connectivity index (χ1) is 9.81. The van der Waals surface area contributed by atoms with E-state index in [4.69, 9.17) is 4.74 Å². The molecule has 0 aromatic heterocycles. The van der Waals surface area contributed by atoms with E-state index in [0.29, 0.717) is 18.5 Å². The average molecular weight is 282 g/mol. The van der Waals surface area contributed by atoms with E-state index in [-0.39, 0.29) is 0 Å². The molecule has 1 saturated carbocycles. The van der Waals surface area contributed by atoms with E-state index < -0.39 is 0 Å². The Bertz CT molecular complexity index is 288. The maximum Gasteiger partial charge on any atom is 0.111 e. The number of ether oxygens (including phenoxy) is 1. The van der Waals surface area contributed by atoms with Gasteiger partial charge in [0.2, 0.25) is 0 Å². The van der Waals surface area contributed by atoms with E-state index in [1.165, 1.54) is 25.7 Å². The van der Waals surface area contributed by atoms with Crippen LogP contribution in [0.2, 0.25) is 0 Å². The molecule has 3 aliphatic rings. The highest BCUT2D eigenvalue weighted by atomic mass is 16.5. The number of piperazine rings is 1. The molecule has 0 amide bonds. The molecule has 3 atom stereocenters. The van der Waals surface area contributed by atoms with Gasteiger partial charge in [0.1, 0.15) is 6.23 Å². The van der Waals surface area contributed by atoms with Crippen LogP contribution >= 0.6 is 0 Å². The minimum atomic E-state index is 0.322. The van der Waals surface area contributed by atoms with Gasteiger partial charge in [-0.2, -0.15) is 0 Å². The summed E-state index contributed by atoms with van der Waals surface area (Å²) in [7, 11) is 0. The molecule has 20 heavy (non-hydrogen) atoms. The fraction of sp³-hybridized carbons (Fsp3) is 1.00. The Morgan fingerprint density at radius 1 is 1.05 bits per heavy atom. The third kappa shape index (κ3) is 3.92. The van der Waals surface area contributed by atoms with E-state index in [1.54, 1.807) is 0 Å². The molecule has 2 heterocycles. The molecule has 3 fully saturated rings. The summed E-state index contributed by atoms with van der Waals surface area (Å²) in [5.74, 6) is 1.57. The van der Waals surface area contributed by atoms with Gasteiger partial charge in [-0.1, -0.05) is 0 Å². The molecule has 0 spiro atoms. The first-order valence-electron chi connectivity index (χ1n) is 8.37. The van der Waals surface area contributed by atoms with Crippen molar-refractivity contribution in [3.63, 3.8) is 0 Å². The van der Waals surface area contributed by atoms with Crippen molar-refractivity contribution in [2.24, 2.45) is 11.8 Å². The van der Waals surface area contributed by atoms with E-state index in [9.17, 15) is 0 Å². The van der Waals surface area contributed by atoms with Crippen molar-refractivity contribution in [2.75, 3.05) is 32.7 Å². The van der Waals surface area contributed by atoms with Gasteiger partial charge in [0, 0.05) is 26.2 Å². The molecule has 1 aliphatic carbocycles. The molecule has 5 heteroatoms. The molecule has 4 N–H and O–H groups in total. The minimum absolute atomic E-state index is 0.322. The van der Waals surface area contributed by atoms with Crippen LogP contribution in [0.4, 0.5) is 0 Å². The molecule has 0 aromatic carbocycles. The lowest BCUT2D eigenvalue weighted by Gasteiger charge is -2.33. The van der Waals surface area contributed by atoms with Gasteiger partial charge in [-0.3, -0.25) is 10.6 Å². The lowest BCUT2D eigenvalue weighted by Crippen LogP contribution is -2.56. The number of nitrogens with one attached hydrogen (secondary N) is 4. The van der Waals surface area contributed by atoms with Crippen LogP contribution in [-0.2, 0) is 4.74 Å². The fourth-order valence-electron chi connectivity index (χ4n) is 3.71. The zero-order chi connectivity index (χ0) is 13.8. The summed E-state index contributed by atoms with van der Waals surface area (Å²) in [5, 5.41) is 14.1. The SMILES string of the molecule is CC1CNC(C2CCC(CNC3CNCCN3)CC2)O1. The maximum atomic E-state index is 5.95. The molecular formula is C15H30N4O. The van der Waals surface area contributed by atoms with Crippen LogP contribution in [-0.4, -0.2) is 51.2 Å². The van der Waals surface area contributed by atoms with Crippen molar-refractivity contribution in [1.82, 2.24) is 21.3 Å². The van der Waals surface area contributed by atoms with Crippen LogP contribution in [0.3, 0.4) is 0 Å². The van der Waals surface area contributed by atoms with Crippen molar-refractivity contribution in [2.45, 2.75) is 51.1 Å². The average Bonchev–Trinajstić information content (AvgIpc) is 2.93. The Morgan fingerprint density at radius 3 is 2.55 bits per heavy atom. The second-order valence-electron chi connectivity index (χ2n) is 6.68. The third-order valence-electron chi connectivity index (χ3n) is 5.00. The molecular weight excluding hydrogens is 252 g/mol. The summed E-state index contributed by atoms with van der Waals surface area (Å²) in [6.07, 6.45) is 6.48. The summed E-state index contributed by atoms with van der Waals surface area (Å²) in [5.41, 5.74) is 0. The van der Waals surface area contributed by atoms with E-state index in [0.717, 1.165) is 44.6 Å². The smallest absolute Gasteiger partial charge is 0.111 e. The molecule has 2 aliphatic heterocycles.